The van der Waals surface area contributed by atoms with E-state index in [0.717, 1.165) is 41.0 Å². The Labute approximate surface area is 183 Å². The lowest BCUT2D eigenvalue weighted by Crippen LogP contribution is -2.31. The minimum Gasteiger partial charge on any atom is -0.497 e. The molecule has 8 heteroatoms. The molecule has 0 bridgehead atoms. The van der Waals surface area contributed by atoms with Crippen molar-refractivity contribution in [3.05, 3.63) is 76.7 Å². The number of carbonyl (C=O) groups is 1. The van der Waals surface area contributed by atoms with Crippen LogP contribution in [0.25, 0.3) is 0 Å². The number of hydrogen-bond donors (Lipinski definition) is 1. The number of benzene rings is 2. The third-order valence-electron chi connectivity index (χ3n) is 5.56. The molecule has 0 fully saturated rings. The number of hydrogen-bond acceptors (Lipinski definition) is 6. The van der Waals surface area contributed by atoms with Gasteiger partial charge in [0.1, 0.15) is 17.6 Å². The highest BCUT2D eigenvalue weighted by atomic mass is 32.2. The molecule has 0 spiro atoms. The van der Waals surface area contributed by atoms with Crippen LogP contribution in [0, 0.1) is 5.82 Å². The highest BCUT2D eigenvalue weighted by Gasteiger charge is 2.36. The fraction of sp³-hybridized carbons (Fsp3) is 0.261. The van der Waals surface area contributed by atoms with E-state index in [-0.39, 0.29) is 17.6 Å². The smallest absolute Gasteiger partial charge is 0.227 e. The van der Waals surface area contributed by atoms with Crippen molar-refractivity contribution < 1.29 is 13.9 Å². The Morgan fingerprint density at radius 2 is 1.94 bits per heavy atom. The van der Waals surface area contributed by atoms with Gasteiger partial charge in [0.05, 0.1) is 7.11 Å². The van der Waals surface area contributed by atoms with Gasteiger partial charge in [0.15, 0.2) is 5.78 Å². The number of ether oxygens (including phenoxy) is 1. The number of rotatable bonds is 5. The molecule has 6 nitrogen and oxygen atoms in total. The second-order valence-corrected chi connectivity index (χ2v) is 8.49. The number of fused-ring (bicyclic) bond motifs is 1. The van der Waals surface area contributed by atoms with E-state index in [1.807, 2.05) is 24.3 Å². The van der Waals surface area contributed by atoms with E-state index in [1.165, 1.54) is 23.9 Å². The molecule has 0 saturated carbocycles. The molecule has 1 N–H and O–H groups in total. The van der Waals surface area contributed by atoms with Gasteiger partial charge in [-0.15, -0.1) is 5.10 Å². The van der Waals surface area contributed by atoms with E-state index in [1.54, 1.807) is 23.9 Å². The predicted octanol–water partition coefficient (Wildman–Crippen LogP) is 4.74. The van der Waals surface area contributed by atoms with Crippen LogP contribution in [-0.2, 0) is 10.5 Å². The lowest BCUT2D eigenvalue weighted by Gasteiger charge is -2.32. The lowest BCUT2D eigenvalue weighted by atomic mass is 9.85. The molecule has 2 heterocycles. The first-order chi connectivity index (χ1) is 15.1. The van der Waals surface area contributed by atoms with Crippen LogP contribution in [0.1, 0.15) is 36.4 Å². The third-order valence-corrected chi connectivity index (χ3v) is 6.47. The number of nitrogens with zero attached hydrogens (tertiary/aromatic N) is 3. The zero-order valence-corrected chi connectivity index (χ0v) is 17.8. The Morgan fingerprint density at radius 3 is 2.68 bits per heavy atom. The van der Waals surface area contributed by atoms with Crippen molar-refractivity contribution in [1.29, 1.82) is 0 Å². The maximum atomic E-state index is 13.2. The monoisotopic (exact) mass is 436 g/mol. The topological polar surface area (TPSA) is 69.0 Å². The van der Waals surface area contributed by atoms with E-state index in [4.69, 9.17) is 9.84 Å². The van der Waals surface area contributed by atoms with Crippen LogP contribution in [0.4, 0.5) is 10.3 Å². The highest BCUT2D eigenvalue weighted by Crippen LogP contribution is 2.41. The number of Topliss-reactive ketones (excluding diaryl/α,β-unsaturated/α-hetero) is 1. The molecule has 1 aliphatic carbocycles. The Balaban J connectivity index is 1.49. The molecule has 2 aromatic carbocycles. The van der Waals surface area contributed by atoms with Gasteiger partial charge in [0, 0.05) is 23.4 Å². The van der Waals surface area contributed by atoms with Gasteiger partial charge in [-0.05, 0) is 48.2 Å². The average molecular weight is 437 g/mol. The van der Waals surface area contributed by atoms with Gasteiger partial charge < -0.3 is 10.1 Å². The Bertz CT molecular complexity index is 1160. The van der Waals surface area contributed by atoms with E-state index in [0.29, 0.717) is 23.3 Å². The highest BCUT2D eigenvalue weighted by molar-refractivity contribution is 7.98. The van der Waals surface area contributed by atoms with E-state index in [2.05, 4.69) is 10.3 Å². The third kappa shape index (κ3) is 3.83. The first kappa shape index (κ1) is 19.8. The summed E-state index contributed by atoms with van der Waals surface area (Å²) in [5, 5.41) is 8.67. The number of halogens is 1. The zero-order chi connectivity index (χ0) is 21.4. The predicted molar refractivity (Wildman–Crippen MR) is 117 cm³/mol. The molecule has 1 aliphatic heterocycles. The maximum Gasteiger partial charge on any atom is 0.227 e. The summed E-state index contributed by atoms with van der Waals surface area (Å²) < 4.78 is 20.2. The molecule has 1 unspecified atom stereocenters. The standard InChI is InChI=1S/C23H21FN4O2S/c1-30-17-11-7-15(8-12-17)21-20-18(3-2-4-19(20)29)25-22-26-23(27-28(21)22)31-13-14-5-9-16(24)10-6-14/h5-12,21H,2-4,13H2,1H3,(H,25,26,27). The summed E-state index contributed by atoms with van der Waals surface area (Å²) >= 11 is 1.48. The fourth-order valence-corrected chi connectivity index (χ4v) is 4.81. The molecule has 0 radical (unpaired) electrons. The molecular weight excluding hydrogens is 415 g/mol. The summed E-state index contributed by atoms with van der Waals surface area (Å²) in [6.45, 7) is 0. The summed E-state index contributed by atoms with van der Waals surface area (Å²) in [7, 11) is 1.63. The number of anilines is 1. The number of allylic oxidation sites excluding steroid dienone is 2. The molecule has 158 valence electrons. The summed E-state index contributed by atoms with van der Waals surface area (Å²) in [5.74, 6) is 1.92. The largest absolute Gasteiger partial charge is 0.497 e. The van der Waals surface area contributed by atoms with Gasteiger partial charge >= 0.3 is 0 Å². The van der Waals surface area contributed by atoms with Crippen LogP contribution in [0.2, 0.25) is 0 Å². The van der Waals surface area contributed by atoms with Gasteiger partial charge in [-0.1, -0.05) is 36.0 Å². The molecule has 5 rings (SSSR count). The van der Waals surface area contributed by atoms with Crippen molar-refractivity contribution >= 4 is 23.5 Å². The minimum atomic E-state index is -0.322. The summed E-state index contributed by atoms with van der Waals surface area (Å²) in [6.07, 6.45) is 2.20. The van der Waals surface area contributed by atoms with Gasteiger partial charge in [-0.2, -0.15) is 4.98 Å². The second kappa shape index (κ2) is 8.19. The number of nitrogens with one attached hydrogen (secondary N) is 1. The van der Waals surface area contributed by atoms with Crippen LogP contribution in [0.5, 0.6) is 5.75 Å². The maximum absolute atomic E-state index is 13.2. The number of carbonyl (C=O) groups excluding carboxylic acids is 1. The van der Waals surface area contributed by atoms with E-state index >= 15 is 0 Å². The molecule has 1 atom stereocenters. The number of ketones is 1. The van der Waals surface area contributed by atoms with Gasteiger partial charge in [-0.3, -0.25) is 4.79 Å². The van der Waals surface area contributed by atoms with Gasteiger partial charge in [0.2, 0.25) is 11.1 Å². The number of aromatic nitrogens is 3. The Kier molecular flexibility index (Phi) is 5.23. The Morgan fingerprint density at radius 1 is 1.16 bits per heavy atom. The first-order valence-electron chi connectivity index (χ1n) is 10.1. The van der Waals surface area contributed by atoms with Crippen molar-refractivity contribution in [2.75, 3.05) is 12.4 Å². The molecule has 0 amide bonds. The van der Waals surface area contributed by atoms with Gasteiger partial charge in [-0.25, -0.2) is 9.07 Å². The van der Waals surface area contributed by atoms with Crippen molar-refractivity contribution in [2.24, 2.45) is 0 Å². The molecule has 2 aliphatic rings. The van der Waals surface area contributed by atoms with E-state index in [9.17, 15) is 9.18 Å². The molecule has 3 aromatic rings. The van der Waals surface area contributed by atoms with Crippen molar-refractivity contribution in [3.63, 3.8) is 0 Å². The van der Waals surface area contributed by atoms with Crippen LogP contribution in [0.15, 0.2) is 65.0 Å². The normalized spacial score (nSPS) is 17.7. The van der Waals surface area contributed by atoms with Crippen LogP contribution >= 0.6 is 11.8 Å². The summed E-state index contributed by atoms with van der Waals surface area (Å²) in [6, 6.07) is 13.8. The fourth-order valence-electron chi connectivity index (χ4n) is 4.02. The van der Waals surface area contributed by atoms with E-state index < -0.39 is 0 Å². The number of methoxy groups -OCH3 is 1. The summed E-state index contributed by atoms with van der Waals surface area (Å²) in [5.41, 5.74) is 3.66. The quantitative estimate of drug-likeness (QED) is 0.583. The molecular formula is C23H21FN4O2S. The second-order valence-electron chi connectivity index (χ2n) is 7.55. The van der Waals surface area contributed by atoms with Crippen molar-refractivity contribution in [3.8, 4) is 5.75 Å². The minimum absolute atomic E-state index is 0.149. The Hall–Kier alpha value is -3.13. The summed E-state index contributed by atoms with van der Waals surface area (Å²) in [4.78, 5) is 17.5. The lowest BCUT2D eigenvalue weighted by molar-refractivity contribution is -0.116. The number of thioether (sulfide) groups is 1. The van der Waals surface area contributed by atoms with Crippen molar-refractivity contribution in [2.45, 2.75) is 36.2 Å². The zero-order valence-electron chi connectivity index (χ0n) is 17.0. The van der Waals surface area contributed by atoms with Crippen LogP contribution in [0.3, 0.4) is 0 Å². The van der Waals surface area contributed by atoms with Crippen LogP contribution < -0.4 is 10.1 Å². The molecule has 1 aromatic heterocycles. The average Bonchev–Trinajstić information content (AvgIpc) is 3.20. The first-order valence-corrected chi connectivity index (χ1v) is 11.1. The molecule has 31 heavy (non-hydrogen) atoms. The van der Waals surface area contributed by atoms with Crippen LogP contribution in [-0.4, -0.2) is 27.7 Å². The molecule has 0 saturated heterocycles. The van der Waals surface area contributed by atoms with Crippen molar-refractivity contribution in [1.82, 2.24) is 14.8 Å². The van der Waals surface area contributed by atoms with Gasteiger partial charge in [0.25, 0.3) is 0 Å². The SMILES string of the molecule is COc1ccc(C2C3=C(CCCC3=O)Nc3nc(SCc4ccc(F)cc4)nn32)cc1.